The number of anilines is 1. The van der Waals surface area contributed by atoms with Gasteiger partial charge in [-0.05, 0) is 37.3 Å². The van der Waals surface area contributed by atoms with Gasteiger partial charge in [0.2, 0.25) is 5.01 Å². The van der Waals surface area contributed by atoms with Crippen LogP contribution in [0.5, 0.6) is 0 Å². The molecule has 0 saturated carbocycles. The normalized spacial score (nSPS) is 10.7. The van der Waals surface area contributed by atoms with E-state index in [2.05, 4.69) is 15.5 Å². The zero-order chi connectivity index (χ0) is 16.2. The van der Waals surface area contributed by atoms with Crippen molar-refractivity contribution in [2.75, 3.05) is 5.32 Å². The Labute approximate surface area is 139 Å². The molecule has 0 atom stereocenters. The van der Waals surface area contributed by atoms with Crippen molar-refractivity contribution in [1.82, 2.24) is 10.2 Å². The van der Waals surface area contributed by atoms with Crippen molar-refractivity contribution in [3.63, 3.8) is 0 Å². The van der Waals surface area contributed by atoms with E-state index in [1.807, 2.05) is 13.0 Å². The minimum Gasteiger partial charge on any atom is -0.468 e. The van der Waals surface area contributed by atoms with Crippen LogP contribution in [0, 0.1) is 12.7 Å². The number of carbonyl (C=O) groups is 1. The van der Waals surface area contributed by atoms with Crippen LogP contribution in [-0.2, 0) is 5.75 Å². The van der Waals surface area contributed by atoms with Crippen molar-refractivity contribution in [2.45, 2.75) is 17.6 Å². The molecule has 23 heavy (non-hydrogen) atoms. The predicted molar refractivity (Wildman–Crippen MR) is 87.3 cm³/mol. The van der Waals surface area contributed by atoms with Crippen molar-refractivity contribution in [3.8, 4) is 0 Å². The Bertz CT molecular complexity index is 814. The Hall–Kier alpha value is -2.19. The molecule has 0 unspecified atom stereocenters. The lowest BCUT2D eigenvalue weighted by atomic mass is 10.3. The predicted octanol–water partition coefficient (Wildman–Crippen LogP) is 4.12. The topological polar surface area (TPSA) is 68.0 Å². The van der Waals surface area contributed by atoms with Crippen molar-refractivity contribution in [1.29, 1.82) is 0 Å². The lowest BCUT2D eigenvalue weighted by Gasteiger charge is -2.01. The molecule has 3 rings (SSSR count). The molecule has 0 aliphatic heterocycles. The highest BCUT2D eigenvalue weighted by atomic mass is 32.2. The number of hydrogen-bond acceptors (Lipinski definition) is 6. The first-order chi connectivity index (χ1) is 11.1. The van der Waals surface area contributed by atoms with E-state index in [1.165, 1.54) is 35.6 Å². The summed E-state index contributed by atoms with van der Waals surface area (Å²) in [5.74, 6) is 0.758. The van der Waals surface area contributed by atoms with Gasteiger partial charge >= 0.3 is 0 Å². The molecule has 0 aliphatic rings. The Morgan fingerprint density at radius 2 is 2.09 bits per heavy atom. The molecule has 118 valence electrons. The van der Waals surface area contributed by atoms with Crippen LogP contribution in [0.25, 0.3) is 0 Å². The van der Waals surface area contributed by atoms with Crippen LogP contribution in [-0.4, -0.2) is 16.1 Å². The summed E-state index contributed by atoms with van der Waals surface area (Å²) in [6.07, 6.45) is 1.64. The number of benzene rings is 1. The summed E-state index contributed by atoms with van der Waals surface area (Å²) in [4.78, 5) is 13.1. The molecule has 0 aliphatic carbocycles. The number of rotatable bonds is 5. The largest absolute Gasteiger partial charge is 0.468 e. The van der Waals surface area contributed by atoms with Crippen LogP contribution >= 0.6 is 23.1 Å². The van der Waals surface area contributed by atoms with Gasteiger partial charge < -0.3 is 9.73 Å². The third-order valence-corrected chi connectivity index (χ3v) is 5.18. The molecule has 1 amide bonds. The summed E-state index contributed by atoms with van der Waals surface area (Å²) in [6.45, 7) is 1.89. The molecule has 8 heteroatoms. The highest BCUT2D eigenvalue weighted by molar-refractivity contribution is 7.98. The maximum Gasteiger partial charge on any atom is 0.286 e. The highest BCUT2D eigenvalue weighted by Crippen LogP contribution is 2.27. The first-order valence-electron chi connectivity index (χ1n) is 6.68. The zero-order valence-electron chi connectivity index (χ0n) is 12.1. The quantitative estimate of drug-likeness (QED) is 0.702. The summed E-state index contributed by atoms with van der Waals surface area (Å²) >= 11 is 2.81. The molecule has 1 aromatic carbocycles. The molecule has 0 fully saturated rings. The smallest absolute Gasteiger partial charge is 0.286 e. The monoisotopic (exact) mass is 349 g/mol. The molecule has 2 aromatic heterocycles. The van der Waals surface area contributed by atoms with E-state index in [4.69, 9.17) is 4.42 Å². The molecule has 1 N–H and O–H groups in total. The lowest BCUT2D eigenvalue weighted by molar-refractivity contribution is 0.102. The number of aromatic nitrogens is 2. The van der Waals surface area contributed by atoms with Gasteiger partial charge in [0.05, 0.1) is 12.0 Å². The Morgan fingerprint density at radius 1 is 1.30 bits per heavy atom. The molecule has 2 heterocycles. The molecule has 5 nitrogen and oxygen atoms in total. The number of hydrogen-bond donors (Lipinski definition) is 1. The lowest BCUT2D eigenvalue weighted by Crippen LogP contribution is -2.11. The number of nitrogens with zero attached hydrogens (tertiary/aromatic N) is 2. The van der Waals surface area contributed by atoms with Crippen molar-refractivity contribution in [2.24, 2.45) is 0 Å². The number of furan rings is 1. The molecule has 0 bridgehead atoms. The second-order valence-electron chi connectivity index (χ2n) is 4.59. The van der Waals surface area contributed by atoms with Gasteiger partial charge in [0.25, 0.3) is 5.91 Å². The van der Waals surface area contributed by atoms with Gasteiger partial charge in [-0.2, -0.15) is 0 Å². The van der Waals surface area contributed by atoms with Gasteiger partial charge in [0.15, 0.2) is 0 Å². The van der Waals surface area contributed by atoms with Crippen LogP contribution in [0.3, 0.4) is 0 Å². The molecular weight excluding hydrogens is 337 g/mol. The summed E-state index contributed by atoms with van der Waals surface area (Å²) in [6, 6.07) is 7.44. The van der Waals surface area contributed by atoms with Crippen molar-refractivity contribution in [3.05, 3.63) is 58.2 Å². The minimum atomic E-state index is -0.357. The maximum atomic E-state index is 12.8. The van der Waals surface area contributed by atoms with Crippen LogP contribution in [0.1, 0.15) is 20.6 Å². The van der Waals surface area contributed by atoms with Crippen LogP contribution in [0.2, 0.25) is 0 Å². The van der Waals surface area contributed by atoms with E-state index in [9.17, 15) is 9.18 Å². The summed E-state index contributed by atoms with van der Waals surface area (Å²) < 4.78 is 18.1. The SMILES string of the molecule is Cc1occc1SCc1nnc(C(=O)Nc2ccc(F)cc2)s1. The van der Waals surface area contributed by atoms with Gasteiger partial charge in [-0.25, -0.2) is 4.39 Å². The fourth-order valence-corrected chi connectivity index (χ4v) is 3.47. The first-order valence-corrected chi connectivity index (χ1v) is 8.48. The molecule has 0 radical (unpaired) electrons. The molecular formula is C15H12FN3O2S2. The average Bonchev–Trinajstić information content (AvgIpc) is 3.16. The van der Waals surface area contributed by atoms with E-state index in [0.717, 1.165) is 15.7 Å². The fraction of sp³-hybridized carbons (Fsp3) is 0.133. The molecule has 0 saturated heterocycles. The number of amides is 1. The number of thioether (sulfide) groups is 1. The minimum absolute atomic E-state index is 0.272. The maximum absolute atomic E-state index is 12.8. The Morgan fingerprint density at radius 3 is 2.78 bits per heavy atom. The number of halogens is 1. The van der Waals surface area contributed by atoms with E-state index in [-0.39, 0.29) is 16.7 Å². The summed E-state index contributed by atoms with van der Waals surface area (Å²) in [7, 11) is 0. The van der Waals surface area contributed by atoms with Gasteiger partial charge in [-0.3, -0.25) is 4.79 Å². The second-order valence-corrected chi connectivity index (χ2v) is 6.67. The van der Waals surface area contributed by atoms with Crippen molar-refractivity contribution < 1.29 is 13.6 Å². The van der Waals surface area contributed by atoms with Crippen LogP contribution in [0.4, 0.5) is 10.1 Å². The van der Waals surface area contributed by atoms with E-state index >= 15 is 0 Å². The number of nitrogens with one attached hydrogen (secondary N) is 1. The highest BCUT2D eigenvalue weighted by Gasteiger charge is 2.14. The molecule has 0 spiro atoms. The summed E-state index contributed by atoms with van der Waals surface area (Å²) in [5.41, 5.74) is 0.511. The average molecular weight is 349 g/mol. The van der Waals surface area contributed by atoms with E-state index in [1.54, 1.807) is 18.0 Å². The Balaban J connectivity index is 1.60. The fourth-order valence-electron chi connectivity index (χ4n) is 1.78. The van der Waals surface area contributed by atoms with Gasteiger partial charge in [0, 0.05) is 10.6 Å². The third-order valence-electron chi connectivity index (χ3n) is 2.93. The standard InChI is InChI=1S/C15H12FN3O2S2/c1-9-12(6-7-21-9)22-8-13-18-19-15(23-13)14(20)17-11-4-2-10(16)3-5-11/h2-7H,8H2,1H3,(H,17,20). The van der Waals surface area contributed by atoms with Crippen LogP contribution in [0.15, 0.2) is 45.9 Å². The van der Waals surface area contributed by atoms with Gasteiger partial charge in [-0.15, -0.1) is 22.0 Å². The number of carbonyl (C=O) groups excluding carboxylic acids is 1. The Kier molecular flexibility index (Phi) is 4.73. The van der Waals surface area contributed by atoms with Crippen molar-refractivity contribution >= 4 is 34.7 Å². The zero-order valence-corrected chi connectivity index (χ0v) is 13.7. The van der Waals surface area contributed by atoms with E-state index < -0.39 is 0 Å². The molecule has 3 aromatic rings. The summed E-state index contributed by atoms with van der Waals surface area (Å²) in [5, 5.41) is 11.6. The van der Waals surface area contributed by atoms with E-state index in [0.29, 0.717) is 11.4 Å². The first kappa shape index (κ1) is 15.7. The number of aryl methyl sites for hydroxylation is 1. The van der Waals surface area contributed by atoms with Crippen LogP contribution < -0.4 is 5.32 Å². The third kappa shape index (κ3) is 3.96. The second kappa shape index (κ2) is 6.93. The van der Waals surface area contributed by atoms with Gasteiger partial charge in [0.1, 0.15) is 16.6 Å². The van der Waals surface area contributed by atoms with Gasteiger partial charge in [-0.1, -0.05) is 11.3 Å².